The Kier molecular flexibility index (Phi) is 3.59. The zero-order valence-corrected chi connectivity index (χ0v) is 12.3. The Labute approximate surface area is 127 Å². The number of nitrogens with zero attached hydrogens (tertiary/aromatic N) is 1. The first kappa shape index (κ1) is 14.2. The molecule has 0 saturated heterocycles. The Hall–Kier alpha value is -2.75. The minimum absolute atomic E-state index is 0.415. The molecule has 0 unspecified atom stereocenters. The molecule has 0 aliphatic carbocycles. The number of hydrogen-bond acceptors (Lipinski definition) is 3. The summed E-state index contributed by atoms with van der Waals surface area (Å²) in [4.78, 5) is 15.6. The fourth-order valence-electron chi connectivity index (χ4n) is 2.48. The number of fused-ring (bicyclic) bond motifs is 1. The lowest BCUT2D eigenvalue weighted by atomic mass is 9.97. The summed E-state index contributed by atoms with van der Waals surface area (Å²) in [5.41, 5.74) is 2.17. The van der Waals surface area contributed by atoms with Gasteiger partial charge in [-0.05, 0) is 47.5 Å². The van der Waals surface area contributed by atoms with Crippen molar-refractivity contribution in [2.45, 2.75) is 6.92 Å². The van der Waals surface area contributed by atoms with Gasteiger partial charge in [0.05, 0.1) is 12.7 Å². The van der Waals surface area contributed by atoms with Crippen LogP contribution in [-0.4, -0.2) is 18.1 Å². The molecule has 0 aliphatic heterocycles. The van der Waals surface area contributed by atoms with Crippen LogP contribution in [0, 0.1) is 12.9 Å². The van der Waals surface area contributed by atoms with E-state index in [0.29, 0.717) is 22.4 Å². The van der Waals surface area contributed by atoms with Crippen LogP contribution in [0.25, 0.3) is 21.9 Å². The van der Waals surface area contributed by atoms with Crippen molar-refractivity contribution in [2.24, 2.45) is 0 Å². The van der Waals surface area contributed by atoms with Crippen molar-refractivity contribution in [2.75, 3.05) is 7.11 Å². The third-order valence-corrected chi connectivity index (χ3v) is 3.58. The smallest absolute Gasteiger partial charge is 0.337 e. The number of benzene rings is 2. The number of aryl methyl sites for hydroxylation is 1. The lowest BCUT2D eigenvalue weighted by molar-refractivity contribution is 0.0601. The molecule has 0 N–H and O–H groups in total. The molecule has 0 aliphatic rings. The van der Waals surface area contributed by atoms with Crippen LogP contribution in [0.4, 0.5) is 4.39 Å². The number of halogens is 1. The highest BCUT2D eigenvalue weighted by atomic mass is 19.1. The topological polar surface area (TPSA) is 39.2 Å². The van der Waals surface area contributed by atoms with E-state index in [-0.39, 0.29) is 0 Å². The van der Waals surface area contributed by atoms with Crippen molar-refractivity contribution in [3.05, 3.63) is 65.7 Å². The van der Waals surface area contributed by atoms with Crippen molar-refractivity contribution in [3.8, 4) is 11.1 Å². The zero-order valence-electron chi connectivity index (χ0n) is 12.3. The van der Waals surface area contributed by atoms with Gasteiger partial charge < -0.3 is 4.74 Å². The van der Waals surface area contributed by atoms with E-state index in [0.717, 1.165) is 10.8 Å². The molecule has 0 saturated carbocycles. The summed E-state index contributed by atoms with van der Waals surface area (Å²) in [5.74, 6) is -0.935. The lowest BCUT2D eigenvalue weighted by Crippen LogP contribution is -2.01. The average molecular weight is 295 g/mol. The minimum Gasteiger partial charge on any atom is -0.465 e. The van der Waals surface area contributed by atoms with Gasteiger partial charge in [-0.25, -0.2) is 9.78 Å². The Morgan fingerprint density at radius 1 is 1.09 bits per heavy atom. The first-order chi connectivity index (χ1) is 10.6. The molecule has 3 rings (SSSR count). The first-order valence-electron chi connectivity index (χ1n) is 6.85. The molecule has 2 aromatic carbocycles. The van der Waals surface area contributed by atoms with Gasteiger partial charge in [0.15, 0.2) is 0 Å². The Morgan fingerprint density at radius 2 is 1.91 bits per heavy atom. The standard InChI is InChI=1S/C18H14FNO2/c1-11-6-9-15(17(19)20-11)14-5-3-4-12-7-8-13(10-16(12)14)18(21)22-2/h3-10H,1-2H3. The molecule has 0 amide bonds. The molecule has 3 nitrogen and oxygen atoms in total. The molecule has 1 heterocycles. The van der Waals surface area contributed by atoms with E-state index in [4.69, 9.17) is 4.74 Å². The third-order valence-electron chi connectivity index (χ3n) is 3.58. The van der Waals surface area contributed by atoms with Gasteiger partial charge in [0.25, 0.3) is 0 Å². The summed E-state index contributed by atoms with van der Waals surface area (Å²) in [6.07, 6.45) is 0. The van der Waals surface area contributed by atoms with E-state index < -0.39 is 11.9 Å². The van der Waals surface area contributed by atoms with Gasteiger partial charge in [-0.3, -0.25) is 0 Å². The van der Waals surface area contributed by atoms with Gasteiger partial charge in [0, 0.05) is 11.3 Å². The molecule has 110 valence electrons. The number of methoxy groups -OCH3 is 1. The van der Waals surface area contributed by atoms with Gasteiger partial charge in [-0.1, -0.05) is 24.3 Å². The molecule has 0 spiro atoms. The largest absolute Gasteiger partial charge is 0.465 e. The number of esters is 1. The maximum atomic E-state index is 14.2. The van der Waals surface area contributed by atoms with Gasteiger partial charge in [-0.2, -0.15) is 4.39 Å². The summed E-state index contributed by atoms with van der Waals surface area (Å²) in [5, 5.41) is 1.71. The molecule has 0 radical (unpaired) electrons. The van der Waals surface area contributed by atoms with Crippen LogP contribution in [0.2, 0.25) is 0 Å². The molecule has 3 aromatic rings. The highest BCUT2D eigenvalue weighted by molar-refractivity contribution is 6.01. The van der Waals surface area contributed by atoms with Crippen LogP contribution in [-0.2, 0) is 4.74 Å². The summed E-state index contributed by atoms with van der Waals surface area (Å²) < 4.78 is 18.9. The fraction of sp³-hybridized carbons (Fsp3) is 0.111. The van der Waals surface area contributed by atoms with Crippen LogP contribution >= 0.6 is 0 Å². The minimum atomic E-state index is -0.518. The monoisotopic (exact) mass is 295 g/mol. The molecule has 0 bridgehead atoms. The number of aromatic nitrogens is 1. The number of rotatable bonds is 2. The molecule has 0 fully saturated rings. The predicted octanol–water partition coefficient (Wildman–Crippen LogP) is 4.14. The van der Waals surface area contributed by atoms with E-state index in [1.54, 1.807) is 31.2 Å². The Bertz CT molecular complexity index is 874. The maximum Gasteiger partial charge on any atom is 0.337 e. The molecular weight excluding hydrogens is 281 g/mol. The van der Waals surface area contributed by atoms with Crippen molar-refractivity contribution >= 4 is 16.7 Å². The van der Waals surface area contributed by atoms with Crippen molar-refractivity contribution < 1.29 is 13.9 Å². The maximum absolute atomic E-state index is 14.2. The number of pyridine rings is 1. The second-order valence-corrected chi connectivity index (χ2v) is 5.02. The van der Waals surface area contributed by atoms with E-state index in [1.807, 2.05) is 24.3 Å². The lowest BCUT2D eigenvalue weighted by Gasteiger charge is -2.09. The van der Waals surface area contributed by atoms with Crippen molar-refractivity contribution in [3.63, 3.8) is 0 Å². The highest BCUT2D eigenvalue weighted by Gasteiger charge is 2.12. The number of carbonyl (C=O) groups is 1. The van der Waals surface area contributed by atoms with Gasteiger partial charge in [0.2, 0.25) is 5.95 Å². The van der Waals surface area contributed by atoms with E-state index in [1.165, 1.54) is 7.11 Å². The molecule has 0 atom stereocenters. The summed E-state index contributed by atoms with van der Waals surface area (Å²) in [6, 6.07) is 14.3. The molecule has 4 heteroatoms. The van der Waals surface area contributed by atoms with Crippen LogP contribution in [0.15, 0.2) is 48.5 Å². The number of hydrogen-bond donors (Lipinski definition) is 0. The number of carbonyl (C=O) groups excluding carboxylic acids is 1. The van der Waals surface area contributed by atoms with E-state index >= 15 is 0 Å². The van der Waals surface area contributed by atoms with E-state index in [9.17, 15) is 9.18 Å². The van der Waals surface area contributed by atoms with Gasteiger partial charge >= 0.3 is 5.97 Å². The Balaban J connectivity index is 2.26. The van der Waals surface area contributed by atoms with Crippen molar-refractivity contribution in [1.29, 1.82) is 0 Å². The zero-order chi connectivity index (χ0) is 15.7. The number of ether oxygens (including phenoxy) is 1. The quantitative estimate of drug-likeness (QED) is 0.527. The van der Waals surface area contributed by atoms with Gasteiger partial charge in [-0.15, -0.1) is 0 Å². The van der Waals surface area contributed by atoms with E-state index in [2.05, 4.69) is 4.98 Å². The predicted molar refractivity (Wildman–Crippen MR) is 83.2 cm³/mol. The normalized spacial score (nSPS) is 10.7. The second kappa shape index (κ2) is 5.56. The van der Waals surface area contributed by atoms with Crippen LogP contribution in [0.3, 0.4) is 0 Å². The van der Waals surface area contributed by atoms with Crippen LogP contribution in [0.5, 0.6) is 0 Å². The second-order valence-electron chi connectivity index (χ2n) is 5.02. The molecule has 22 heavy (non-hydrogen) atoms. The highest BCUT2D eigenvalue weighted by Crippen LogP contribution is 2.30. The summed E-state index contributed by atoms with van der Waals surface area (Å²) >= 11 is 0. The molecular formula is C18H14FNO2. The Morgan fingerprint density at radius 3 is 2.64 bits per heavy atom. The average Bonchev–Trinajstić information content (AvgIpc) is 2.53. The van der Waals surface area contributed by atoms with Gasteiger partial charge in [0.1, 0.15) is 0 Å². The first-order valence-corrected chi connectivity index (χ1v) is 6.85. The summed E-state index contributed by atoms with van der Waals surface area (Å²) in [7, 11) is 1.34. The van der Waals surface area contributed by atoms with Crippen molar-refractivity contribution in [1.82, 2.24) is 4.98 Å². The fourth-order valence-corrected chi connectivity index (χ4v) is 2.48. The third kappa shape index (κ3) is 2.44. The van der Waals surface area contributed by atoms with Crippen LogP contribution in [0.1, 0.15) is 16.1 Å². The SMILES string of the molecule is COC(=O)c1ccc2cccc(-c3ccc(C)nc3F)c2c1. The van der Waals surface area contributed by atoms with Crippen LogP contribution < -0.4 is 0 Å². The summed E-state index contributed by atoms with van der Waals surface area (Å²) in [6.45, 7) is 1.74. The molecule has 1 aromatic heterocycles.